The summed E-state index contributed by atoms with van der Waals surface area (Å²) in [6.45, 7) is 4.16. The van der Waals surface area contributed by atoms with Crippen LogP contribution in [0.2, 0.25) is 0 Å². The second-order valence-corrected chi connectivity index (χ2v) is 9.48. The van der Waals surface area contributed by atoms with Crippen LogP contribution >= 0.6 is 23.5 Å². The maximum Gasteiger partial charge on any atom is 0.340 e. The molecule has 0 spiro atoms. The summed E-state index contributed by atoms with van der Waals surface area (Å²) < 4.78 is 19.9. The lowest BCUT2D eigenvalue weighted by molar-refractivity contribution is -0.136. The molecule has 0 aliphatic carbocycles. The standard InChI is InChI=1S/C24H22FNO2S2/c1-3-28-23(27)22(24-29-11-4-12-30-24)19-14-21(16-6-8-17(25)9-7-16)26-20-10-5-15(2)13-18(19)20/h5-10,13-14H,3-4,11-12H2,1-2H3. The van der Waals surface area contributed by atoms with Gasteiger partial charge in [0.25, 0.3) is 0 Å². The summed E-state index contributed by atoms with van der Waals surface area (Å²) >= 11 is 3.42. The number of benzene rings is 2. The van der Waals surface area contributed by atoms with Crippen molar-refractivity contribution in [1.82, 2.24) is 4.98 Å². The number of carbonyl (C=O) groups is 1. The Bertz CT molecular complexity index is 1120. The molecule has 154 valence electrons. The molecule has 1 aliphatic heterocycles. The summed E-state index contributed by atoms with van der Waals surface area (Å²) in [7, 11) is 0. The van der Waals surface area contributed by atoms with E-state index >= 15 is 0 Å². The van der Waals surface area contributed by atoms with Crippen LogP contribution in [0.3, 0.4) is 0 Å². The number of aromatic nitrogens is 1. The molecule has 0 unspecified atom stereocenters. The van der Waals surface area contributed by atoms with Gasteiger partial charge in [-0.3, -0.25) is 0 Å². The van der Waals surface area contributed by atoms with Crippen molar-refractivity contribution in [2.45, 2.75) is 20.3 Å². The van der Waals surface area contributed by atoms with Gasteiger partial charge in [-0.2, -0.15) is 0 Å². The van der Waals surface area contributed by atoms with Crippen LogP contribution < -0.4 is 0 Å². The minimum absolute atomic E-state index is 0.292. The zero-order valence-electron chi connectivity index (χ0n) is 16.9. The molecule has 0 radical (unpaired) electrons. The smallest absolute Gasteiger partial charge is 0.340 e. The van der Waals surface area contributed by atoms with E-state index in [-0.39, 0.29) is 11.8 Å². The van der Waals surface area contributed by atoms with Crippen molar-refractivity contribution in [2.24, 2.45) is 0 Å². The molecular weight excluding hydrogens is 417 g/mol. The lowest BCUT2D eigenvalue weighted by Gasteiger charge is -2.19. The van der Waals surface area contributed by atoms with Gasteiger partial charge in [-0.25, -0.2) is 14.2 Å². The molecule has 30 heavy (non-hydrogen) atoms. The van der Waals surface area contributed by atoms with Crippen LogP contribution in [0.15, 0.2) is 52.8 Å². The number of halogens is 1. The molecule has 1 saturated heterocycles. The van der Waals surface area contributed by atoms with E-state index in [9.17, 15) is 9.18 Å². The zero-order chi connectivity index (χ0) is 21.1. The van der Waals surface area contributed by atoms with Gasteiger partial charge in [0, 0.05) is 16.5 Å². The van der Waals surface area contributed by atoms with Crippen molar-refractivity contribution >= 4 is 46.0 Å². The van der Waals surface area contributed by atoms with E-state index in [1.54, 1.807) is 35.7 Å². The van der Waals surface area contributed by atoms with E-state index in [1.165, 1.54) is 12.1 Å². The fourth-order valence-corrected chi connectivity index (χ4v) is 6.04. The van der Waals surface area contributed by atoms with Gasteiger partial charge >= 0.3 is 5.97 Å². The summed E-state index contributed by atoms with van der Waals surface area (Å²) in [5.74, 6) is 1.36. The molecule has 3 nitrogen and oxygen atoms in total. The number of pyridine rings is 1. The van der Waals surface area contributed by atoms with Crippen molar-refractivity contribution in [3.63, 3.8) is 0 Å². The maximum atomic E-state index is 13.4. The Kier molecular flexibility index (Phi) is 6.44. The normalized spacial score (nSPS) is 14.0. The molecule has 0 bridgehead atoms. The van der Waals surface area contributed by atoms with Gasteiger partial charge in [0.15, 0.2) is 0 Å². The van der Waals surface area contributed by atoms with Gasteiger partial charge < -0.3 is 4.74 Å². The first-order valence-electron chi connectivity index (χ1n) is 9.91. The lowest BCUT2D eigenvalue weighted by Crippen LogP contribution is -2.10. The Morgan fingerprint density at radius 3 is 2.53 bits per heavy atom. The Labute approximate surface area is 184 Å². The SMILES string of the molecule is CCOC(=O)C(=C1SCCCS1)c1cc(-c2ccc(F)cc2)nc2ccc(C)cc12. The van der Waals surface area contributed by atoms with Crippen molar-refractivity contribution < 1.29 is 13.9 Å². The maximum absolute atomic E-state index is 13.4. The average Bonchev–Trinajstić information content (AvgIpc) is 2.75. The monoisotopic (exact) mass is 439 g/mol. The Morgan fingerprint density at radius 2 is 1.83 bits per heavy atom. The van der Waals surface area contributed by atoms with Crippen LogP contribution in [0.1, 0.15) is 24.5 Å². The highest BCUT2D eigenvalue weighted by Gasteiger charge is 2.25. The highest BCUT2D eigenvalue weighted by molar-refractivity contribution is 8.23. The Morgan fingerprint density at radius 1 is 1.10 bits per heavy atom. The number of ether oxygens (including phenoxy) is 1. The number of esters is 1. The van der Waals surface area contributed by atoms with Crippen molar-refractivity contribution in [3.8, 4) is 11.3 Å². The number of aryl methyl sites for hydroxylation is 1. The van der Waals surface area contributed by atoms with Gasteiger partial charge in [0.1, 0.15) is 5.82 Å². The van der Waals surface area contributed by atoms with Crippen LogP contribution in [0, 0.1) is 12.7 Å². The molecule has 3 aromatic rings. The van der Waals surface area contributed by atoms with Crippen molar-refractivity contribution in [2.75, 3.05) is 18.1 Å². The predicted molar refractivity (Wildman–Crippen MR) is 125 cm³/mol. The van der Waals surface area contributed by atoms with E-state index in [0.29, 0.717) is 17.9 Å². The second-order valence-electron chi connectivity index (χ2n) is 7.02. The number of nitrogens with zero attached hydrogens (tertiary/aromatic N) is 1. The summed E-state index contributed by atoms with van der Waals surface area (Å²) in [4.78, 5) is 17.9. The summed E-state index contributed by atoms with van der Waals surface area (Å²) in [5, 5.41) is 0.920. The van der Waals surface area contributed by atoms with Crippen LogP contribution in [0.5, 0.6) is 0 Å². The first kappa shape index (κ1) is 20.9. The Hall–Kier alpha value is -2.31. The minimum Gasteiger partial charge on any atom is -0.462 e. The molecule has 0 atom stereocenters. The highest BCUT2D eigenvalue weighted by atomic mass is 32.2. The third kappa shape index (κ3) is 4.40. The van der Waals surface area contributed by atoms with Crippen LogP contribution in [-0.2, 0) is 9.53 Å². The summed E-state index contributed by atoms with van der Waals surface area (Å²) in [5.41, 5.74) is 4.82. The topological polar surface area (TPSA) is 39.2 Å². The zero-order valence-corrected chi connectivity index (χ0v) is 18.5. The molecule has 0 amide bonds. The predicted octanol–water partition coefficient (Wildman–Crippen LogP) is 6.45. The molecule has 1 aromatic heterocycles. The largest absolute Gasteiger partial charge is 0.462 e. The Balaban J connectivity index is 1.99. The van der Waals surface area contributed by atoms with Crippen LogP contribution in [0.4, 0.5) is 4.39 Å². The highest BCUT2D eigenvalue weighted by Crippen LogP contribution is 2.43. The van der Waals surface area contributed by atoms with E-state index in [1.807, 2.05) is 32.0 Å². The summed E-state index contributed by atoms with van der Waals surface area (Å²) in [6, 6.07) is 14.2. The van der Waals surface area contributed by atoms with Crippen LogP contribution in [-0.4, -0.2) is 29.1 Å². The number of fused-ring (bicyclic) bond motifs is 1. The molecule has 0 saturated carbocycles. The molecule has 6 heteroatoms. The molecule has 1 fully saturated rings. The van der Waals surface area contributed by atoms with E-state index in [2.05, 4.69) is 6.07 Å². The first-order valence-corrected chi connectivity index (χ1v) is 11.9. The molecule has 2 heterocycles. The van der Waals surface area contributed by atoms with Gasteiger partial charge in [-0.05, 0) is 74.2 Å². The molecule has 1 aliphatic rings. The third-order valence-corrected chi connectivity index (χ3v) is 7.44. The second kappa shape index (κ2) is 9.23. The number of carbonyl (C=O) groups excluding carboxylic acids is 1. The van der Waals surface area contributed by atoms with Crippen LogP contribution in [0.25, 0.3) is 27.7 Å². The summed E-state index contributed by atoms with van der Waals surface area (Å²) in [6.07, 6.45) is 1.12. The first-order chi connectivity index (χ1) is 14.6. The third-order valence-electron chi connectivity index (χ3n) is 4.81. The average molecular weight is 440 g/mol. The van der Waals surface area contributed by atoms with Gasteiger partial charge in [0.05, 0.1) is 27.6 Å². The fourth-order valence-electron chi connectivity index (χ4n) is 3.40. The number of thioether (sulfide) groups is 2. The van der Waals surface area contributed by atoms with E-state index < -0.39 is 0 Å². The fraction of sp³-hybridized carbons (Fsp3) is 0.250. The number of rotatable bonds is 4. The molecule has 4 rings (SSSR count). The molecular formula is C24H22FNO2S2. The number of hydrogen-bond donors (Lipinski definition) is 0. The van der Waals surface area contributed by atoms with Gasteiger partial charge in [0.2, 0.25) is 0 Å². The van der Waals surface area contributed by atoms with Crippen molar-refractivity contribution in [3.05, 3.63) is 69.7 Å². The molecule has 2 aromatic carbocycles. The number of hydrogen-bond acceptors (Lipinski definition) is 5. The van der Waals surface area contributed by atoms with Gasteiger partial charge in [-0.15, -0.1) is 23.5 Å². The van der Waals surface area contributed by atoms with Crippen molar-refractivity contribution in [1.29, 1.82) is 0 Å². The molecule has 0 N–H and O–H groups in total. The van der Waals surface area contributed by atoms with Gasteiger partial charge in [-0.1, -0.05) is 11.6 Å². The van der Waals surface area contributed by atoms with E-state index in [4.69, 9.17) is 9.72 Å². The lowest BCUT2D eigenvalue weighted by atomic mass is 9.98. The minimum atomic E-state index is -0.312. The quantitative estimate of drug-likeness (QED) is 0.345. The van der Waals surface area contributed by atoms with E-state index in [0.717, 1.165) is 49.8 Å².